The van der Waals surface area contributed by atoms with Crippen molar-refractivity contribution in [2.75, 3.05) is 19.8 Å². The number of amides is 1. The SMILES string of the molecule is NC(=S)C1(C(=O)NCCc2ncn[nH]2)CCOCC1. The molecule has 1 aliphatic heterocycles. The van der Waals surface area contributed by atoms with Gasteiger partial charge in [0, 0.05) is 26.2 Å². The van der Waals surface area contributed by atoms with E-state index >= 15 is 0 Å². The molecule has 1 amide bonds. The zero-order valence-electron chi connectivity index (χ0n) is 10.5. The van der Waals surface area contributed by atoms with E-state index in [-0.39, 0.29) is 10.9 Å². The number of carbonyl (C=O) groups is 1. The molecule has 0 bridgehead atoms. The van der Waals surface area contributed by atoms with Gasteiger partial charge in [-0.3, -0.25) is 9.89 Å². The van der Waals surface area contributed by atoms with Crippen LogP contribution in [0.25, 0.3) is 0 Å². The Balaban J connectivity index is 1.91. The van der Waals surface area contributed by atoms with E-state index < -0.39 is 5.41 Å². The maximum Gasteiger partial charge on any atom is 0.233 e. The molecule has 7 nitrogen and oxygen atoms in total. The number of aromatic amines is 1. The number of nitrogens with zero attached hydrogens (tertiary/aromatic N) is 2. The van der Waals surface area contributed by atoms with E-state index in [0.717, 1.165) is 5.82 Å². The number of thiocarbonyl (C=S) groups is 1. The normalized spacial score (nSPS) is 17.9. The lowest BCUT2D eigenvalue weighted by molar-refractivity contribution is -0.131. The van der Waals surface area contributed by atoms with E-state index in [2.05, 4.69) is 20.5 Å². The van der Waals surface area contributed by atoms with Crippen LogP contribution < -0.4 is 11.1 Å². The van der Waals surface area contributed by atoms with Crippen molar-refractivity contribution in [2.24, 2.45) is 11.1 Å². The van der Waals surface area contributed by atoms with Crippen LogP contribution in [0.2, 0.25) is 0 Å². The van der Waals surface area contributed by atoms with Gasteiger partial charge in [-0.15, -0.1) is 0 Å². The molecular formula is C11H17N5O2S. The molecule has 0 unspecified atom stereocenters. The van der Waals surface area contributed by atoms with Gasteiger partial charge in [0.2, 0.25) is 5.91 Å². The molecule has 1 aromatic heterocycles. The summed E-state index contributed by atoms with van der Waals surface area (Å²) in [5.41, 5.74) is 4.99. The van der Waals surface area contributed by atoms with Crippen LogP contribution in [-0.4, -0.2) is 45.8 Å². The first kappa shape index (κ1) is 13.9. The summed E-state index contributed by atoms with van der Waals surface area (Å²) in [5, 5.41) is 9.35. The molecule has 2 rings (SSSR count). The van der Waals surface area contributed by atoms with Gasteiger partial charge in [0.05, 0.1) is 4.99 Å². The van der Waals surface area contributed by atoms with Crippen LogP contribution in [0, 0.1) is 5.41 Å². The first-order valence-corrected chi connectivity index (χ1v) is 6.56. The van der Waals surface area contributed by atoms with Crippen molar-refractivity contribution < 1.29 is 9.53 Å². The Morgan fingerprint density at radius 1 is 1.58 bits per heavy atom. The van der Waals surface area contributed by atoms with Gasteiger partial charge < -0.3 is 15.8 Å². The monoisotopic (exact) mass is 283 g/mol. The fourth-order valence-electron chi connectivity index (χ4n) is 2.12. The summed E-state index contributed by atoms with van der Waals surface area (Å²) in [7, 11) is 0. The summed E-state index contributed by atoms with van der Waals surface area (Å²) in [5.74, 6) is 0.611. The van der Waals surface area contributed by atoms with Gasteiger partial charge in [0.1, 0.15) is 17.6 Å². The van der Waals surface area contributed by atoms with Crippen LogP contribution in [0.5, 0.6) is 0 Å². The number of carbonyl (C=O) groups excluding carboxylic acids is 1. The Bertz CT molecular complexity index is 442. The lowest BCUT2D eigenvalue weighted by atomic mass is 9.79. The fourth-order valence-corrected chi connectivity index (χ4v) is 2.42. The Morgan fingerprint density at radius 2 is 2.32 bits per heavy atom. The molecule has 19 heavy (non-hydrogen) atoms. The Labute approximate surface area is 116 Å². The lowest BCUT2D eigenvalue weighted by Gasteiger charge is -2.34. The number of nitrogens with one attached hydrogen (secondary N) is 2. The van der Waals surface area contributed by atoms with Gasteiger partial charge in [-0.25, -0.2) is 4.98 Å². The highest BCUT2D eigenvalue weighted by Crippen LogP contribution is 2.31. The van der Waals surface area contributed by atoms with Crippen molar-refractivity contribution in [3.63, 3.8) is 0 Å². The molecule has 104 valence electrons. The van der Waals surface area contributed by atoms with Gasteiger partial charge in [-0.1, -0.05) is 12.2 Å². The summed E-state index contributed by atoms with van der Waals surface area (Å²) in [6, 6.07) is 0. The second-order valence-electron chi connectivity index (χ2n) is 4.50. The van der Waals surface area contributed by atoms with E-state index in [4.69, 9.17) is 22.7 Å². The maximum atomic E-state index is 12.3. The molecule has 0 radical (unpaired) electrons. The van der Waals surface area contributed by atoms with Crippen molar-refractivity contribution in [1.82, 2.24) is 20.5 Å². The quantitative estimate of drug-likeness (QED) is 0.632. The predicted octanol–water partition coefficient (Wildman–Crippen LogP) is -0.454. The molecule has 0 spiro atoms. The van der Waals surface area contributed by atoms with E-state index in [9.17, 15) is 4.79 Å². The molecule has 1 aliphatic rings. The minimum Gasteiger partial charge on any atom is -0.392 e. The van der Waals surface area contributed by atoms with Crippen LogP contribution in [-0.2, 0) is 16.0 Å². The number of nitrogens with two attached hydrogens (primary N) is 1. The molecule has 2 heterocycles. The minimum atomic E-state index is -0.769. The van der Waals surface area contributed by atoms with E-state index in [1.54, 1.807) is 0 Å². The second kappa shape index (κ2) is 6.07. The molecule has 0 saturated carbocycles. The minimum absolute atomic E-state index is 0.122. The third-order valence-electron chi connectivity index (χ3n) is 3.36. The fraction of sp³-hybridized carbons (Fsp3) is 0.636. The van der Waals surface area contributed by atoms with Crippen molar-refractivity contribution in [3.05, 3.63) is 12.2 Å². The number of aromatic nitrogens is 3. The largest absolute Gasteiger partial charge is 0.392 e. The van der Waals surface area contributed by atoms with Gasteiger partial charge in [-0.05, 0) is 12.8 Å². The van der Waals surface area contributed by atoms with Crippen LogP contribution in [0.15, 0.2) is 6.33 Å². The number of rotatable bonds is 5. The lowest BCUT2D eigenvalue weighted by Crippen LogP contribution is -2.52. The molecule has 1 saturated heterocycles. The zero-order valence-corrected chi connectivity index (χ0v) is 11.3. The Morgan fingerprint density at radius 3 is 2.89 bits per heavy atom. The average molecular weight is 283 g/mol. The maximum absolute atomic E-state index is 12.3. The van der Waals surface area contributed by atoms with Gasteiger partial charge in [-0.2, -0.15) is 5.10 Å². The molecular weight excluding hydrogens is 266 g/mol. The summed E-state index contributed by atoms with van der Waals surface area (Å²) in [4.78, 5) is 16.5. The predicted molar refractivity (Wildman–Crippen MR) is 72.4 cm³/mol. The summed E-state index contributed by atoms with van der Waals surface area (Å²) in [6.07, 6.45) is 3.11. The van der Waals surface area contributed by atoms with Crippen LogP contribution >= 0.6 is 12.2 Å². The van der Waals surface area contributed by atoms with Crippen molar-refractivity contribution in [2.45, 2.75) is 19.3 Å². The zero-order chi connectivity index (χ0) is 13.7. The molecule has 4 N–H and O–H groups in total. The molecule has 1 fully saturated rings. The number of hydrogen-bond acceptors (Lipinski definition) is 5. The first-order valence-electron chi connectivity index (χ1n) is 6.15. The summed E-state index contributed by atoms with van der Waals surface area (Å²) in [6.45, 7) is 1.49. The Kier molecular flexibility index (Phi) is 4.43. The summed E-state index contributed by atoms with van der Waals surface area (Å²) < 4.78 is 5.27. The van der Waals surface area contributed by atoms with E-state index in [0.29, 0.717) is 39.0 Å². The molecule has 8 heteroatoms. The standard InChI is InChI=1S/C11H17N5O2S/c12-9(19)11(2-5-18-6-3-11)10(17)13-4-1-8-14-7-15-16-8/h7H,1-6H2,(H2,12,19)(H,13,17)(H,14,15,16). The van der Waals surface area contributed by atoms with Gasteiger partial charge in [0.25, 0.3) is 0 Å². The molecule has 0 atom stereocenters. The highest BCUT2D eigenvalue weighted by molar-refractivity contribution is 7.80. The van der Waals surface area contributed by atoms with Crippen molar-refractivity contribution >= 4 is 23.1 Å². The van der Waals surface area contributed by atoms with Gasteiger partial charge in [0.15, 0.2) is 0 Å². The van der Waals surface area contributed by atoms with E-state index in [1.807, 2.05) is 0 Å². The summed E-state index contributed by atoms with van der Waals surface area (Å²) >= 11 is 5.07. The molecule has 1 aromatic rings. The van der Waals surface area contributed by atoms with E-state index in [1.165, 1.54) is 6.33 Å². The van der Waals surface area contributed by atoms with Crippen LogP contribution in [0.1, 0.15) is 18.7 Å². The third-order valence-corrected chi connectivity index (χ3v) is 3.76. The highest BCUT2D eigenvalue weighted by Gasteiger charge is 2.42. The highest BCUT2D eigenvalue weighted by atomic mass is 32.1. The van der Waals surface area contributed by atoms with Crippen molar-refractivity contribution in [1.29, 1.82) is 0 Å². The first-order chi connectivity index (χ1) is 9.15. The smallest absolute Gasteiger partial charge is 0.233 e. The number of hydrogen-bond donors (Lipinski definition) is 3. The molecule has 0 aromatic carbocycles. The molecule has 0 aliphatic carbocycles. The second-order valence-corrected chi connectivity index (χ2v) is 4.94. The Hall–Kier alpha value is -1.54. The van der Waals surface area contributed by atoms with Crippen molar-refractivity contribution in [3.8, 4) is 0 Å². The third kappa shape index (κ3) is 3.07. The number of H-pyrrole nitrogens is 1. The van der Waals surface area contributed by atoms with Gasteiger partial charge >= 0.3 is 0 Å². The van der Waals surface area contributed by atoms with Crippen LogP contribution in [0.4, 0.5) is 0 Å². The average Bonchev–Trinajstić information content (AvgIpc) is 2.92. The van der Waals surface area contributed by atoms with Crippen LogP contribution in [0.3, 0.4) is 0 Å². The number of ether oxygens (including phenoxy) is 1. The topological polar surface area (TPSA) is 106 Å².